The molecule has 4 bridgehead atoms. The van der Waals surface area contributed by atoms with Crippen LogP contribution in [0, 0.1) is 40.4 Å². The van der Waals surface area contributed by atoms with Crippen LogP contribution in [0.2, 0.25) is 0 Å². The van der Waals surface area contributed by atoms with Gasteiger partial charge in [0.05, 0.1) is 6.10 Å². The molecule has 2 aromatic carbocycles. The van der Waals surface area contributed by atoms with Crippen molar-refractivity contribution in [3.63, 3.8) is 0 Å². The summed E-state index contributed by atoms with van der Waals surface area (Å²) in [5.41, 5.74) is 3.58. The molecule has 1 spiro atoms. The summed E-state index contributed by atoms with van der Waals surface area (Å²) < 4.78 is 6.93. The van der Waals surface area contributed by atoms with E-state index in [0.29, 0.717) is 41.5 Å². The summed E-state index contributed by atoms with van der Waals surface area (Å²) in [6, 6.07) is 21.6. The highest BCUT2D eigenvalue weighted by Gasteiger charge is 2.74. The molecule has 200 valence electrons. The second kappa shape index (κ2) is 8.91. The Morgan fingerprint density at radius 1 is 0.921 bits per heavy atom. The van der Waals surface area contributed by atoms with Crippen LogP contribution in [-0.4, -0.2) is 17.5 Å². The van der Waals surface area contributed by atoms with Gasteiger partial charge in [-0.05, 0) is 103 Å². The van der Waals surface area contributed by atoms with Crippen LogP contribution < -0.4 is 0 Å². The van der Waals surface area contributed by atoms with E-state index in [-0.39, 0.29) is 10.8 Å². The number of carbonyl (C=O) groups is 1. The molecular formula is C36H44O2. The van der Waals surface area contributed by atoms with Gasteiger partial charge in [-0.2, -0.15) is 0 Å². The molecule has 0 aromatic heterocycles. The number of Topliss-reactive ketones (excluding diaryl/α,β-unsaturated/α-hetero) is 1. The lowest BCUT2D eigenvalue weighted by Gasteiger charge is -2.70. The third kappa shape index (κ3) is 3.38. The van der Waals surface area contributed by atoms with Crippen LogP contribution >= 0.6 is 0 Å². The molecule has 4 aliphatic carbocycles. The fraction of sp³-hybridized carbons (Fsp3) is 0.583. The number of fused-ring (bicyclic) bond motifs is 3. The molecule has 9 atom stereocenters. The number of carbonyl (C=O) groups excluding carboxylic acids is 1. The topological polar surface area (TPSA) is 26.3 Å². The van der Waals surface area contributed by atoms with Gasteiger partial charge in [0.2, 0.25) is 0 Å². The Kier molecular flexibility index (Phi) is 5.82. The van der Waals surface area contributed by atoms with E-state index in [1.807, 2.05) is 0 Å². The van der Waals surface area contributed by atoms with Gasteiger partial charge in [-0.15, -0.1) is 0 Å². The van der Waals surface area contributed by atoms with E-state index < -0.39 is 5.60 Å². The fourth-order valence-electron chi connectivity index (χ4n) is 10.7. The van der Waals surface area contributed by atoms with Crippen molar-refractivity contribution >= 4 is 11.4 Å². The van der Waals surface area contributed by atoms with Crippen molar-refractivity contribution in [2.24, 2.45) is 40.4 Å². The molecule has 2 aliphatic heterocycles. The molecule has 0 radical (unpaired) electrons. The van der Waals surface area contributed by atoms with Gasteiger partial charge in [0.25, 0.3) is 0 Å². The van der Waals surface area contributed by atoms with E-state index in [1.165, 1.54) is 55.2 Å². The maximum atomic E-state index is 14.4. The summed E-state index contributed by atoms with van der Waals surface area (Å²) in [7, 11) is 0. The van der Waals surface area contributed by atoms with E-state index in [1.54, 1.807) is 0 Å². The van der Waals surface area contributed by atoms with Crippen LogP contribution in [0.3, 0.4) is 0 Å². The van der Waals surface area contributed by atoms with Crippen molar-refractivity contribution in [1.29, 1.82) is 0 Å². The number of hydrogen-bond donors (Lipinski definition) is 0. The quantitative estimate of drug-likeness (QED) is 0.405. The first kappa shape index (κ1) is 24.8. The zero-order valence-corrected chi connectivity index (χ0v) is 23.5. The first-order chi connectivity index (χ1) is 18.4. The van der Waals surface area contributed by atoms with Gasteiger partial charge in [0, 0.05) is 11.8 Å². The SMILES string of the molecule is C[C@H](CC=C(c1ccccc1)c1ccccc1)[C@@H]1CC[C@@H]2[C@@H]3CC[C@H]4C[C@H]5CC[C@@]4(C)[C@@]3(O5)C(=O)C[C@]21C. The van der Waals surface area contributed by atoms with Crippen LogP contribution in [0.1, 0.15) is 89.7 Å². The Bertz CT molecular complexity index is 1190. The van der Waals surface area contributed by atoms with Crippen LogP contribution in [0.15, 0.2) is 66.7 Å². The number of ketones is 1. The second-order valence-electron chi connectivity index (χ2n) is 14.0. The summed E-state index contributed by atoms with van der Waals surface area (Å²) in [6.45, 7) is 7.38. The van der Waals surface area contributed by atoms with Crippen molar-refractivity contribution in [1.82, 2.24) is 0 Å². The number of benzene rings is 2. The highest BCUT2D eigenvalue weighted by molar-refractivity contribution is 5.91. The van der Waals surface area contributed by atoms with Crippen molar-refractivity contribution < 1.29 is 9.53 Å². The lowest BCUT2D eigenvalue weighted by molar-refractivity contribution is -0.307. The predicted molar refractivity (Wildman–Crippen MR) is 153 cm³/mol. The van der Waals surface area contributed by atoms with Crippen LogP contribution in [0.5, 0.6) is 0 Å². The maximum Gasteiger partial charge on any atom is 0.166 e. The van der Waals surface area contributed by atoms with Crippen LogP contribution in [0.4, 0.5) is 0 Å². The van der Waals surface area contributed by atoms with E-state index in [4.69, 9.17) is 4.74 Å². The number of ether oxygens (including phenoxy) is 1. The summed E-state index contributed by atoms with van der Waals surface area (Å²) in [6.07, 6.45) is 13.2. The van der Waals surface area contributed by atoms with Gasteiger partial charge >= 0.3 is 0 Å². The van der Waals surface area contributed by atoms with Gasteiger partial charge < -0.3 is 4.74 Å². The third-order valence-electron chi connectivity index (χ3n) is 12.5. The number of rotatable bonds is 5. The molecule has 0 unspecified atom stereocenters. The van der Waals surface area contributed by atoms with Gasteiger partial charge in [0.15, 0.2) is 5.78 Å². The normalized spacial score (nSPS) is 41.8. The molecule has 6 aliphatic rings. The standard InChI is InChI=1S/C36H44O2/c1-24(14-16-29(25-10-6-4-7-11-25)26-12-8-5-9-13-26)30-18-19-31-32-17-15-27-22-28-20-21-35(27,3)36(32,38-28)33(37)23-34(30,31)2/h4-13,16,24,27-28,30-32H,14-15,17-23H2,1-3H3/t24-,27+,28-,30+,31-,32+,34+,35-,36+/m1/s1. The third-order valence-corrected chi connectivity index (χ3v) is 12.5. The van der Waals surface area contributed by atoms with Gasteiger partial charge in [0.1, 0.15) is 5.60 Å². The molecule has 4 saturated carbocycles. The molecule has 2 aromatic rings. The molecular weight excluding hydrogens is 464 g/mol. The molecule has 2 heterocycles. The second-order valence-corrected chi connectivity index (χ2v) is 14.0. The summed E-state index contributed by atoms with van der Waals surface area (Å²) in [5.74, 6) is 3.34. The monoisotopic (exact) mass is 508 g/mol. The highest BCUT2D eigenvalue weighted by atomic mass is 16.5. The van der Waals surface area contributed by atoms with Crippen LogP contribution in [0.25, 0.3) is 5.57 Å². The van der Waals surface area contributed by atoms with Gasteiger partial charge in [-0.1, -0.05) is 87.5 Å². The Hall–Kier alpha value is -2.19. The molecule has 2 heteroatoms. The molecule has 8 rings (SSSR count). The van der Waals surface area contributed by atoms with Crippen molar-refractivity contribution in [2.45, 2.75) is 90.3 Å². The lowest BCUT2D eigenvalue weighted by atomic mass is 9.40. The molecule has 2 saturated heterocycles. The predicted octanol–water partition coefficient (Wildman–Crippen LogP) is 8.50. The first-order valence-electron chi connectivity index (χ1n) is 15.4. The molecule has 0 amide bonds. The maximum absolute atomic E-state index is 14.4. The Morgan fingerprint density at radius 3 is 2.26 bits per heavy atom. The lowest BCUT2D eigenvalue weighted by Crippen LogP contribution is -2.75. The van der Waals surface area contributed by atoms with E-state index >= 15 is 0 Å². The largest absolute Gasteiger partial charge is 0.363 e. The van der Waals surface area contributed by atoms with Crippen molar-refractivity contribution in [3.05, 3.63) is 77.9 Å². The van der Waals surface area contributed by atoms with Crippen molar-refractivity contribution in [3.8, 4) is 0 Å². The summed E-state index contributed by atoms with van der Waals surface area (Å²) >= 11 is 0. The average Bonchev–Trinajstić information content (AvgIpc) is 3.26. The number of hydrogen-bond acceptors (Lipinski definition) is 2. The minimum Gasteiger partial charge on any atom is -0.363 e. The minimum absolute atomic E-state index is 0.0653. The first-order valence-corrected chi connectivity index (χ1v) is 15.4. The Balaban J connectivity index is 1.17. The Morgan fingerprint density at radius 2 is 1.58 bits per heavy atom. The average molecular weight is 509 g/mol. The fourth-order valence-corrected chi connectivity index (χ4v) is 10.7. The van der Waals surface area contributed by atoms with Gasteiger partial charge in [-0.3, -0.25) is 4.79 Å². The number of allylic oxidation sites excluding steroid dienone is 1. The van der Waals surface area contributed by atoms with E-state index in [2.05, 4.69) is 87.5 Å². The smallest absolute Gasteiger partial charge is 0.166 e. The minimum atomic E-state index is -0.479. The zero-order chi connectivity index (χ0) is 26.1. The van der Waals surface area contributed by atoms with E-state index in [9.17, 15) is 4.79 Å². The molecule has 0 N–H and O–H groups in total. The molecule has 38 heavy (non-hydrogen) atoms. The van der Waals surface area contributed by atoms with E-state index in [0.717, 1.165) is 19.3 Å². The summed E-state index contributed by atoms with van der Waals surface area (Å²) in [4.78, 5) is 14.4. The van der Waals surface area contributed by atoms with Crippen LogP contribution in [-0.2, 0) is 9.53 Å². The molecule has 6 fully saturated rings. The van der Waals surface area contributed by atoms with Gasteiger partial charge in [-0.25, -0.2) is 0 Å². The highest BCUT2D eigenvalue weighted by Crippen LogP contribution is 2.72. The zero-order valence-electron chi connectivity index (χ0n) is 23.5. The Labute approximate surface area is 229 Å². The summed E-state index contributed by atoms with van der Waals surface area (Å²) in [5, 5.41) is 0. The molecule has 2 nitrogen and oxygen atoms in total. The van der Waals surface area contributed by atoms with Crippen molar-refractivity contribution in [2.75, 3.05) is 0 Å².